The third-order valence-electron chi connectivity index (χ3n) is 4.25. The first-order valence-electron chi connectivity index (χ1n) is 7.55. The maximum atomic E-state index is 2.33. The van der Waals surface area contributed by atoms with Crippen LogP contribution in [0.15, 0.2) is 30.6 Å². The monoisotopic (exact) mass is 250 g/mol. The fourth-order valence-corrected chi connectivity index (χ4v) is 2.68. The van der Waals surface area contributed by atoms with Crippen molar-refractivity contribution in [3.63, 3.8) is 0 Å². The minimum atomic E-state index is 1.06. The topological polar surface area (TPSA) is 3.88 Å². The molecule has 1 aromatic heterocycles. The second-order valence-corrected chi connectivity index (χ2v) is 5.19. The number of rotatable bonds is 3. The minimum Gasteiger partial charge on any atom is -0.324 e. The van der Waals surface area contributed by atoms with Gasteiger partial charge in [-0.3, -0.25) is 0 Å². The molecule has 2 nitrogen and oxygen atoms in total. The second kappa shape index (κ2) is 8.25. The van der Waals surface area contributed by atoms with Gasteiger partial charge >= 0.3 is 0 Å². The Bertz CT molecular complexity index is 296. The molecule has 0 N–H and O–H groups in total. The van der Waals surface area contributed by atoms with E-state index in [0.717, 1.165) is 6.54 Å². The quantitative estimate of drug-likeness (QED) is 0.573. The van der Waals surface area contributed by atoms with E-state index in [1.54, 1.807) is 0 Å². The SMILES string of the molecule is CC[N+]1(CC)CCCCC1.CC[n+]1ccccc1. The predicted octanol–water partition coefficient (Wildman–Crippen LogP) is 3.02. The number of quaternary nitrogens is 1. The fraction of sp³-hybridized carbons (Fsp3) is 0.688. The number of aryl methyl sites for hydroxylation is 1. The first-order chi connectivity index (χ1) is 8.76. The molecular weight excluding hydrogens is 220 g/mol. The molecule has 1 aliphatic rings. The van der Waals surface area contributed by atoms with Crippen LogP contribution in [0.2, 0.25) is 0 Å². The number of likely N-dealkylation sites (tertiary alicyclic amines) is 1. The maximum absolute atomic E-state index is 2.33. The van der Waals surface area contributed by atoms with Crippen LogP contribution in [0.25, 0.3) is 0 Å². The van der Waals surface area contributed by atoms with Gasteiger partial charge in [0.15, 0.2) is 12.4 Å². The molecule has 2 rings (SSSR count). The Labute approximate surface area is 113 Å². The first kappa shape index (κ1) is 15.2. The molecule has 1 saturated heterocycles. The Balaban J connectivity index is 0.000000184. The average molecular weight is 250 g/mol. The van der Waals surface area contributed by atoms with E-state index in [1.807, 2.05) is 18.2 Å². The molecule has 0 atom stereocenters. The van der Waals surface area contributed by atoms with Gasteiger partial charge in [-0.2, -0.15) is 0 Å². The van der Waals surface area contributed by atoms with Crippen LogP contribution in [-0.2, 0) is 6.54 Å². The molecule has 2 heteroatoms. The van der Waals surface area contributed by atoms with Crippen molar-refractivity contribution in [2.24, 2.45) is 0 Å². The number of hydrogen-bond donors (Lipinski definition) is 0. The van der Waals surface area contributed by atoms with E-state index in [1.165, 1.54) is 49.9 Å². The lowest BCUT2D eigenvalue weighted by Gasteiger charge is -2.39. The van der Waals surface area contributed by atoms with Crippen molar-refractivity contribution in [2.75, 3.05) is 26.2 Å². The van der Waals surface area contributed by atoms with Crippen molar-refractivity contribution in [3.8, 4) is 0 Å². The molecule has 102 valence electrons. The molecule has 2 heterocycles. The summed E-state index contributed by atoms with van der Waals surface area (Å²) in [6.07, 6.45) is 8.50. The van der Waals surface area contributed by atoms with Crippen molar-refractivity contribution in [2.45, 2.75) is 46.6 Å². The first-order valence-corrected chi connectivity index (χ1v) is 7.55. The minimum absolute atomic E-state index is 1.06. The summed E-state index contributed by atoms with van der Waals surface area (Å²) in [4.78, 5) is 0. The summed E-state index contributed by atoms with van der Waals surface area (Å²) in [5, 5.41) is 0. The van der Waals surface area contributed by atoms with Gasteiger partial charge in [-0.1, -0.05) is 6.07 Å². The Morgan fingerprint density at radius 2 is 1.39 bits per heavy atom. The second-order valence-electron chi connectivity index (χ2n) is 5.19. The number of hydrogen-bond acceptors (Lipinski definition) is 0. The van der Waals surface area contributed by atoms with E-state index >= 15 is 0 Å². The van der Waals surface area contributed by atoms with Crippen LogP contribution in [0.3, 0.4) is 0 Å². The van der Waals surface area contributed by atoms with Crippen molar-refractivity contribution in [1.29, 1.82) is 0 Å². The largest absolute Gasteiger partial charge is 0.324 e. The zero-order valence-electron chi connectivity index (χ0n) is 12.4. The third-order valence-corrected chi connectivity index (χ3v) is 4.25. The summed E-state index contributed by atoms with van der Waals surface area (Å²) >= 11 is 0. The highest BCUT2D eigenvalue weighted by Gasteiger charge is 2.24. The highest BCUT2D eigenvalue weighted by atomic mass is 15.3. The van der Waals surface area contributed by atoms with Gasteiger partial charge in [-0.25, -0.2) is 4.57 Å². The molecule has 0 aliphatic carbocycles. The molecule has 18 heavy (non-hydrogen) atoms. The highest BCUT2D eigenvalue weighted by molar-refractivity contribution is 4.83. The van der Waals surface area contributed by atoms with Gasteiger partial charge in [0.25, 0.3) is 0 Å². The molecule has 0 aromatic carbocycles. The molecular formula is C16H30N2+2. The lowest BCUT2D eigenvalue weighted by Crippen LogP contribution is -2.50. The third kappa shape index (κ3) is 4.77. The average Bonchev–Trinajstić information content (AvgIpc) is 2.49. The van der Waals surface area contributed by atoms with Gasteiger partial charge < -0.3 is 4.48 Å². The van der Waals surface area contributed by atoms with E-state index in [-0.39, 0.29) is 0 Å². The summed E-state index contributed by atoms with van der Waals surface area (Å²) in [7, 11) is 0. The summed E-state index contributed by atoms with van der Waals surface area (Å²) in [5.41, 5.74) is 0. The summed E-state index contributed by atoms with van der Waals surface area (Å²) in [5.74, 6) is 0. The normalized spacial score (nSPS) is 17.7. The van der Waals surface area contributed by atoms with Crippen molar-refractivity contribution < 1.29 is 9.05 Å². The molecule has 0 amide bonds. The van der Waals surface area contributed by atoms with Crippen molar-refractivity contribution >= 4 is 0 Å². The molecule has 1 aliphatic heterocycles. The fourth-order valence-electron chi connectivity index (χ4n) is 2.68. The zero-order chi connectivity index (χ0) is 13.3. The van der Waals surface area contributed by atoms with Gasteiger partial charge in [0.1, 0.15) is 6.54 Å². The van der Waals surface area contributed by atoms with E-state index < -0.39 is 0 Å². The van der Waals surface area contributed by atoms with Crippen LogP contribution in [-0.4, -0.2) is 30.7 Å². The van der Waals surface area contributed by atoms with Crippen molar-refractivity contribution in [3.05, 3.63) is 30.6 Å². The lowest BCUT2D eigenvalue weighted by atomic mass is 10.1. The van der Waals surface area contributed by atoms with Crippen molar-refractivity contribution in [1.82, 2.24) is 0 Å². The van der Waals surface area contributed by atoms with Crippen LogP contribution in [0, 0.1) is 0 Å². The van der Waals surface area contributed by atoms with Gasteiger partial charge in [-0.05, 0) is 40.0 Å². The van der Waals surface area contributed by atoms with E-state index in [9.17, 15) is 0 Å². The standard InChI is InChI=1S/C9H20N.C7H10N/c1-3-10(4-2)8-6-5-7-9-10;1-2-8-6-4-3-5-7-8/h3-9H2,1-2H3;3-7H,2H2,1H3/q2*+1. The Morgan fingerprint density at radius 1 is 0.833 bits per heavy atom. The maximum Gasteiger partial charge on any atom is 0.168 e. The van der Waals surface area contributed by atoms with Crippen LogP contribution in [0.1, 0.15) is 40.0 Å². The van der Waals surface area contributed by atoms with E-state index in [4.69, 9.17) is 0 Å². The highest BCUT2D eigenvalue weighted by Crippen LogP contribution is 2.17. The molecule has 0 saturated carbocycles. The van der Waals surface area contributed by atoms with Gasteiger partial charge in [0, 0.05) is 12.1 Å². The molecule has 1 fully saturated rings. The summed E-state index contributed by atoms with van der Waals surface area (Å²) < 4.78 is 3.51. The van der Waals surface area contributed by atoms with Crippen LogP contribution < -0.4 is 4.57 Å². The molecule has 0 spiro atoms. The molecule has 0 bridgehead atoms. The van der Waals surface area contributed by atoms with E-state index in [0.29, 0.717) is 0 Å². The Morgan fingerprint density at radius 3 is 1.72 bits per heavy atom. The van der Waals surface area contributed by atoms with Crippen LogP contribution >= 0.6 is 0 Å². The van der Waals surface area contributed by atoms with Crippen LogP contribution in [0.4, 0.5) is 0 Å². The summed E-state index contributed by atoms with van der Waals surface area (Å²) in [6.45, 7) is 13.4. The van der Waals surface area contributed by atoms with Gasteiger partial charge in [-0.15, -0.1) is 0 Å². The molecule has 1 aromatic rings. The lowest BCUT2D eigenvalue weighted by molar-refractivity contribution is -0.929. The Hall–Kier alpha value is -0.890. The Kier molecular flexibility index (Phi) is 6.96. The van der Waals surface area contributed by atoms with Crippen LogP contribution in [0.5, 0.6) is 0 Å². The summed E-state index contributed by atoms with van der Waals surface area (Å²) in [6, 6.07) is 6.08. The van der Waals surface area contributed by atoms with Gasteiger partial charge in [0.2, 0.25) is 0 Å². The predicted molar refractivity (Wildman–Crippen MR) is 77.2 cm³/mol. The zero-order valence-corrected chi connectivity index (χ0v) is 12.4. The number of aromatic nitrogens is 1. The molecule has 0 unspecified atom stereocenters. The number of nitrogens with zero attached hydrogens (tertiary/aromatic N) is 2. The van der Waals surface area contributed by atoms with Gasteiger partial charge in [0.05, 0.1) is 26.2 Å². The number of piperidine rings is 1. The number of pyridine rings is 1. The molecule has 0 radical (unpaired) electrons. The smallest absolute Gasteiger partial charge is 0.168 e. The van der Waals surface area contributed by atoms with E-state index in [2.05, 4.69) is 37.7 Å².